The van der Waals surface area contributed by atoms with Crippen LogP contribution in [0.1, 0.15) is 27.2 Å². The highest BCUT2D eigenvalue weighted by molar-refractivity contribution is 7.91. The lowest BCUT2D eigenvalue weighted by molar-refractivity contribution is -0.145. The van der Waals surface area contributed by atoms with Gasteiger partial charge in [-0.25, -0.2) is 13.2 Å². The molecule has 2 rings (SSSR count). The van der Waals surface area contributed by atoms with E-state index in [-0.39, 0.29) is 31.0 Å². The highest BCUT2D eigenvalue weighted by Crippen LogP contribution is 2.33. The van der Waals surface area contributed by atoms with E-state index in [0.717, 1.165) is 0 Å². The van der Waals surface area contributed by atoms with E-state index >= 15 is 0 Å². The Morgan fingerprint density at radius 2 is 1.70 bits per heavy atom. The molecular formula is C14H24N2O6S. The molecule has 2 aliphatic rings. The Bertz CT molecular complexity index is 575. The Morgan fingerprint density at radius 1 is 1.17 bits per heavy atom. The fraction of sp³-hybridized carbons (Fsp3) is 0.857. The zero-order chi connectivity index (χ0) is 17.5. The second kappa shape index (κ2) is 5.94. The minimum Gasteiger partial charge on any atom is -0.481 e. The van der Waals surface area contributed by atoms with Crippen LogP contribution in [0, 0.1) is 0 Å². The van der Waals surface area contributed by atoms with Crippen molar-refractivity contribution in [2.45, 2.75) is 38.3 Å². The number of rotatable bonds is 3. The second-order valence-electron chi connectivity index (χ2n) is 7.27. The summed E-state index contributed by atoms with van der Waals surface area (Å²) in [5.41, 5.74) is -1.31. The number of carboxylic acids is 1. The van der Waals surface area contributed by atoms with Gasteiger partial charge in [0.1, 0.15) is 5.60 Å². The van der Waals surface area contributed by atoms with Crippen LogP contribution in [0.4, 0.5) is 4.79 Å². The van der Waals surface area contributed by atoms with Gasteiger partial charge in [-0.15, -0.1) is 0 Å². The van der Waals surface area contributed by atoms with Gasteiger partial charge in [0, 0.05) is 26.2 Å². The highest BCUT2D eigenvalue weighted by atomic mass is 32.2. The van der Waals surface area contributed by atoms with Gasteiger partial charge in [0.05, 0.1) is 23.5 Å². The molecule has 2 heterocycles. The summed E-state index contributed by atoms with van der Waals surface area (Å²) in [6, 6.07) is 0. The number of aliphatic carboxylic acids is 1. The Kier molecular flexibility index (Phi) is 4.64. The number of hydrogen-bond acceptors (Lipinski definition) is 6. The maximum absolute atomic E-state index is 12.0. The summed E-state index contributed by atoms with van der Waals surface area (Å²) in [5, 5.41) is 9.18. The molecule has 0 aromatic carbocycles. The average Bonchev–Trinajstić information content (AvgIpc) is 2.30. The predicted molar refractivity (Wildman–Crippen MR) is 83.0 cm³/mol. The predicted octanol–water partition coefficient (Wildman–Crippen LogP) is 0.181. The van der Waals surface area contributed by atoms with E-state index in [1.807, 2.05) is 4.90 Å². The molecule has 8 nitrogen and oxygen atoms in total. The molecule has 1 N–H and O–H groups in total. The molecule has 0 radical (unpaired) electrons. The number of carbonyl (C=O) groups is 2. The van der Waals surface area contributed by atoms with Gasteiger partial charge in [0.25, 0.3) is 0 Å². The van der Waals surface area contributed by atoms with E-state index in [9.17, 15) is 23.1 Å². The van der Waals surface area contributed by atoms with Crippen LogP contribution in [-0.4, -0.2) is 84.2 Å². The maximum atomic E-state index is 12.0. The average molecular weight is 348 g/mol. The largest absolute Gasteiger partial charge is 0.481 e. The van der Waals surface area contributed by atoms with Crippen molar-refractivity contribution in [1.82, 2.24) is 9.80 Å². The lowest BCUT2D eigenvalue weighted by Gasteiger charge is -2.55. The van der Waals surface area contributed by atoms with Crippen LogP contribution in [0.5, 0.6) is 0 Å². The van der Waals surface area contributed by atoms with Crippen molar-refractivity contribution in [3.05, 3.63) is 0 Å². The molecule has 1 amide bonds. The van der Waals surface area contributed by atoms with Crippen molar-refractivity contribution >= 4 is 21.9 Å². The zero-order valence-electron chi connectivity index (χ0n) is 13.7. The van der Waals surface area contributed by atoms with Crippen molar-refractivity contribution in [3.63, 3.8) is 0 Å². The molecule has 0 aliphatic carbocycles. The molecular weight excluding hydrogens is 324 g/mol. The topological polar surface area (TPSA) is 104 Å². The summed E-state index contributed by atoms with van der Waals surface area (Å²) in [6.45, 7) is 6.40. The fourth-order valence-corrected chi connectivity index (χ4v) is 4.21. The summed E-state index contributed by atoms with van der Waals surface area (Å²) >= 11 is 0. The van der Waals surface area contributed by atoms with Crippen LogP contribution in [0.2, 0.25) is 0 Å². The number of ether oxygens (including phenoxy) is 1. The Hall–Kier alpha value is -1.35. The van der Waals surface area contributed by atoms with Crippen LogP contribution in [0.25, 0.3) is 0 Å². The van der Waals surface area contributed by atoms with Gasteiger partial charge >= 0.3 is 12.1 Å². The van der Waals surface area contributed by atoms with E-state index in [2.05, 4.69) is 0 Å². The first-order valence-corrected chi connectivity index (χ1v) is 9.40. The number of sulfone groups is 1. The molecule has 2 aliphatic heterocycles. The Labute approximate surface area is 136 Å². The lowest BCUT2D eigenvalue weighted by atomic mass is 9.84. The lowest BCUT2D eigenvalue weighted by Crippen LogP contribution is -2.73. The molecule has 23 heavy (non-hydrogen) atoms. The molecule has 0 spiro atoms. The van der Waals surface area contributed by atoms with Crippen LogP contribution in [-0.2, 0) is 19.4 Å². The second-order valence-corrected chi connectivity index (χ2v) is 9.57. The van der Waals surface area contributed by atoms with Crippen molar-refractivity contribution in [2.24, 2.45) is 0 Å². The number of likely N-dealkylation sites (tertiary alicyclic amines) is 1. The molecule has 2 saturated heterocycles. The monoisotopic (exact) mass is 348 g/mol. The molecule has 0 bridgehead atoms. The quantitative estimate of drug-likeness (QED) is 0.776. The van der Waals surface area contributed by atoms with Crippen LogP contribution >= 0.6 is 0 Å². The highest BCUT2D eigenvalue weighted by Gasteiger charge is 2.52. The maximum Gasteiger partial charge on any atom is 0.410 e. The van der Waals surface area contributed by atoms with Crippen LogP contribution < -0.4 is 0 Å². The molecule has 9 heteroatoms. The first kappa shape index (κ1) is 18.0. The van der Waals surface area contributed by atoms with Gasteiger partial charge in [-0.3, -0.25) is 9.69 Å². The van der Waals surface area contributed by atoms with E-state index in [1.54, 1.807) is 20.8 Å². The number of hydrogen-bond donors (Lipinski definition) is 1. The Balaban J connectivity index is 2.03. The normalized spacial score (nSPS) is 23.9. The summed E-state index contributed by atoms with van der Waals surface area (Å²) in [6.07, 6.45) is -0.588. The third-order valence-corrected chi connectivity index (χ3v) is 5.73. The zero-order valence-corrected chi connectivity index (χ0v) is 14.6. The van der Waals surface area contributed by atoms with E-state index < -0.39 is 33.0 Å². The van der Waals surface area contributed by atoms with Crippen molar-refractivity contribution in [3.8, 4) is 0 Å². The minimum absolute atomic E-state index is 0.0286. The van der Waals surface area contributed by atoms with E-state index in [4.69, 9.17) is 4.74 Å². The molecule has 2 fully saturated rings. The van der Waals surface area contributed by atoms with Crippen molar-refractivity contribution < 1.29 is 27.9 Å². The van der Waals surface area contributed by atoms with Crippen LogP contribution in [0.3, 0.4) is 0 Å². The molecule has 0 unspecified atom stereocenters. The summed E-state index contributed by atoms with van der Waals surface area (Å²) in [7, 11) is -3.04. The smallest absolute Gasteiger partial charge is 0.410 e. The van der Waals surface area contributed by atoms with Crippen molar-refractivity contribution in [2.75, 3.05) is 37.7 Å². The SMILES string of the molecule is CC(C)(C)OC(=O)N1CC(CC(=O)O)(N2CCS(=O)(=O)CC2)C1. The third kappa shape index (κ3) is 4.35. The van der Waals surface area contributed by atoms with Crippen molar-refractivity contribution in [1.29, 1.82) is 0 Å². The minimum atomic E-state index is -3.04. The Morgan fingerprint density at radius 3 is 2.13 bits per heavy atom. The molecule has 0 aromatic rings. The van der Waals surface area contributed by atoms with Gasteiger partial charge in [0.2, 0.25) is 0 Å². The number of carbonyl (C=O) groups excluding carboxylic acids is 1. The van der Waals surface area contributed by atoms with Gasteiger partial charge in [-0.05, 0) is 20.8 Å². The fourth-order valence-electron chi connectivity index (χ4n) is 3.01. The van der Waals surface area contributed by atoms with E-state index in [0.29, 0.717) is 13.1 Å². The van der Waals surface area contributed by atoms with Gasteiger partial charge < -0.3 is 14.7 Å². The van der Waals surface area contributed by atoms with Gasteiger partial charge in [-0.2, -0.15) is 0 Å². The third-order valence-electron chi connectivity index (χ3n) is 4.12. The summed E-state index contributed by atoms with van der Waals surface area (Å²) in [4.78, 5) is 26.6. The van der Waals surface area contributed by atoms with E-state index in [1.165, 1.54) is 4.90 Å². The summed E-state index contributed by atoms with van der Waals surface area (Å²) in [5.74, 6) is -0.899. The van der Waals surface area contributed by atoms with Crippen LogP contribution in [0.15, 0.2) is 0 Å². The number of amides is 1. The summed E-state index contributed by atoms with van der Waals surface area (Å²) < 4.78 is 28.4. The van der Waals surface area contributed by atoms with Gasteiger partial charge in [-0.1, -0.05) is 0 Å². The molecule has 132 valence electrons. The molecule has 0 aromatic heterocycles. The standard InChI is InChI=1S/C14H24N2O6S/c1-13(2,3)22-12(19)15-9-14(10-15,8-11(17)18)16-4-6-23(20,21)7-5-16/h4-10H2,1-3H3,(H,17,18). The molecule has 0 saturated carbocycles. The number of carboxylic acid groups (broad SMARTS) is 1. The first-order chi connectivity index (χ1) is 10.4. The van der Waals surface area contributed by atoms with Gasteiger partial charge in [0.15, 0.2) is 9.84 Å². The molecule has 0 atom stereocenters. The number of nitrogens with zero attached hydrogens (tertiary/aromatic N) is 2. The first-order valence-electron chi connectivity index (χ1n) is 7.58.